The largest absolute Gasteiger partial charge is 0.366 e. The first-order chi connectivity index (χ1) is 13.1. The van der Waals surface area contributed by atoms with E-state index in [9.17, 15) is 4.79 Å². The number of anilines is 1. The summed E-state index contributed by atoms with van der Waals surface area (Å²) in [5.74, 6) is 0.237. The maximum Gasteiger partial charge on any atom is 0.267 e. The quantitative estimate of drug-likeness (QED) is 0.403. The van der Waals surface area contributed by atoms with Crippen molar-refractivity contribution in [3.63, 3.8) is 0 Å². The summed E-state index contributed by atoms with van der Waals surface area (Å²) >= 11 is 6.28. The maximum atomic E-state index is 11.0. The molecule has 0 aliphatic carbocycles. The van der Waals surface area contributed by atoms with Gasteiger partial charge >= 0.3 is 0 Å². The Bertz CT molecular complexity index is 795. The number of nitrogens with zero attached hydrogens (tertiary/aromatic N) is 2. The third-order valence-corrected chi connectivity index (χ3v) is 4.90. The van der Waals surface area contributed by atoms with Crippen LogP contribution in [0.1, 0.15) is 24.0 Å². The van der Waals surface area contributed by atoms with Crippen LogP contribution in [0.15, 0.2) is 48.7 Å². The molecule has 2 aromatic rings. The number of carbonyl (C=O) groups is 1. The van der Waals surface area contributed by atoms with Crippen molar-refractivity contribution in [2.24, 2.45) is 0 Å². The van der Waals surface area contributed by atoms with Crippen molar-refractivity contribution in [1.29, 1.82) is 0 Å². The zero-order chi connectivity index (χ0) is 19.1. The van der Waals surface area contributed by atoms with E-state index in [1.54, 1.807) is 17.8 Å². The molecule has 1 aromatic heterocycles. The molecule has 0 saturated carbocycles. The topological polar surface area (TPSA) is 77.5 Å². The summed E-state index contributed by atoms with van der Waals surface area (Å²) in [6, 6.07) is 12.1. The van der Waals surface area contributed by atoms with E-state index in [2.05, 4.69) is 21.3 Å². The fourth-order valence-corrected chi connectivity index (χ4v) is 3.39. The second kappa shape index (κ2) is 9.50. The molecule has 0 spiro atoms. The third kappa shape index (κ3) is 5.79. The highest BCUT2D eigenvalue weighted by Gasteiger charge is 2.20. The molecule has 3 N–H and O–H groups in total. The Hall–Kier alpha value is -2.41. The van der Waals surface area contributed by atoms with Gasteiger partial charge in [-0.2, -0.15) is 0 Å². The van der Waals surface area contributed by atoms with Gasteiger partial charge in [0.15, 0.2) is 0 Å². The van der Waals surface area contributed by atoms with Crippen LogP contribution in [0.2, 0.25) is 5.02 Å². The predicted octanol–water partition coefficient (Wildman–Crippen LogP) is 3.33. The average Bonchev–Trinajstić information content (AvgIpc) is 2.69. The van der Waals surface area contributed by atoms with Crippen LogP contribution in [0.4, 0.5) is 5.82 Å². The number of benzene rings is 1. The molecule has 0 unspecified atom stereocenters. The highest BCUT2D eigenvalue weighted by Crippen LogP contribution is 2.21. The number of nitrogens with one attached hydrogen (secondary N) is 2. The molecule has 2 heterocycles. The normalized spacial score (nSPS) is 17.8. The summed E-state index contributed by atoms with van der Waals surface area (Å²) in [6.45, 7) is 2.85. The Labute approximate surface area is 163 Å². The monoisotopic (exact) mass is 386 g/mol. The van der Waals surface area contributed by atoms with Gasteiger partial charge in [0, 0.05) is 36.4 Å². The van der Waals surface area contributed by atoms with Crippen LogP contribution in [-0.4, -0.2) is 40.1 Å². The molecule has 1 atom stereocenters. The van der Waals surface area contributed by atoms with Crippen LogP contribution in [0, 0.1) is 0 Å². The van der Waals surface area contributed by atoms with Gasteiger partial charge in [-0.15, -0.1) is 0 Å². The van der Waals surface area contributed by atoms with Crippen LogP contribution in [0.25, 0.3) is 6.08 Å². The number of hydrogen-bond donors (Lipinski definition) is 3. The van der Waals surface area contributed by atoms with Gasteiger partial charge in [-0.3, -0.25) is 14.9 Å². The van der Waals surface area contributed by atoms with Crippen LogP contribution in [0.5, 0.6) is 0 Å². The Kier molecular flexibility index (Phi) is 6.81. The molecule has 1 aliphatic heterocycles. The van der Waals surface area contributed by atoms with Crippen molar-refractivity contribution >= 4 is 29.4 Å². The van der Waals surface area contributed by atoms with Crippen molar-refractivity contribution in [3.05, 3.63) is 64.8 Å². The SMILES string of the molecule is O=C(/C=C/c1ccc(N[C@@H]2CCCN(Cc3ccccc3Cl)C2)nc1)NO. The van der Waals surface area contributed by atoms with Gasteiger partial charge in [-0.1, -0.05) is 29.8 Å². The molecular formula is C20H23ClN4O2. The minimum absolute atomic E-state index is 0.329. The molecule has 3 rings (SSSR count). The molecule has 1 saturated heterocycles. The maximum absolute atomic E-state index is 11.0. The molecule has 1 aromatic carbocycles. The number of carbonyl (C=O) groups excluding carboxylic acids is 1. The average molecular weight is 387 g/mol. The van der Waals surface area contributed by atoms with Crippen molar-refractivity contribution in [2.75, 3.05) is 18.4 Å². The first kappa shape index (κ1) is 19.4. The van der Waals surface area contributed by atoms with Crippen LogP contribution in [-0.2, 0) is 11.3 Å². The van der Waals surface area contributed by atoms with E-state index in [0.717, 1.165) is 54.4 Å². The number of amides is 1. The van der Waals surface area contributed by atoms with E-state index in [0.29, 0.717) is 6.04 Å². The molecule has 6 nitrogen and oxygen atoms in total. The number of rotatable bonds is 6. The van der Waals surface area contributed by atoms with Gasteiger partial charge in [-0.25, -0.2) is 10.5 Å². The summed E-state index contributed by atoms with van der Waals surface area (Å²) in [6.07, 6.45) is 6.75. The molecule has 1 amide bonds. The Balaban J connectivity index is 1.55. The molecule has 0 bridgehead atoms. The lowest BCUT2D eigenvalue weighted by molar-refractivity contribution is -0.124. The highest BCUT2D eigenvalue weighted by molar-refractivity contribution is 6.31. The van der Waals surface area contributed by atoms with Crippen molar-refractivity contribution in [1.82, 2.24) is 15.4 Å². The zero-order valence-electron chi connectivity index (χ0n) is 14.9. The second-order valence-corrected chi connectivity index (χ2v) is 7.00. The van der Waals surface area contributed by atoms with E-state index in [1.165, 1.54) is 6.08 Å². The summed E-state index contributed by atoms with van der Waals surface area (Å²) < 4.78 is 0. The first-order valence-corrected chi connectivity index (χ1v) is 9.32. The predicted molar refractivity (Wildman–Crippen MR) is 107 cm³/mol. The Morgan fingerprint density at radius 1 is 1.33 bits per heavy atom. The van der Waals surface area contributed by atoms with Crippen LogP contribution < -0.4 is 10.8 Å². The summed E-state index contributed by atoms with van der Waals surface area (Å²) in [5.41, 5.74) is 3.49. The van der Waals surface area contributed by atoms with Gasteiger partial charge < -0.3 is 5.32 Å². The second-order valence-electron chi connectivity index (χ2n) is 6.60. The smallest absolute Gasteiger partial charge is 0.267 e. The molecular weight excluding hydrogens is 364 g/mol. The van der Waals surface area contributed by atoms with Gasteiger partial charge in [0.1, 0.15) is 5.82 Å². The molecule has 1 fully saturated rings. The van der Waals surface area contributed by atoms with Gasteiger partial charge in [0.25, 0.3) is 5.91 Å². The number of hydrogen-bond acceptors (Lipinski definition) is 5. The van der Waals surface area contributed by atoms with E-state index in [4.69, 9.17) is 16.8 Å². The van der Waals surface area contributed by atoms with Gasteiger partial charge in [0.2, 0.25) is 0 Å². The summed E-state index contributed by atoms with van der Waals surface area (Å²) in [7, 11) is 0. The number of pyridine rings is 1. The van der Waals surface area contributed by atoms with Crippen LogP contribution in [0.3, 0.4) is 0 Å². The fourth-order valence-electron chi connectivity index (χ4n) is 3.19. The third-order valence-electron chi connectivity index (χ3n) is 4.53. The Morgan fingerprint density at radius 2 is 2.19 bits per heavy atom. The van der Waals surface area contributed by atoms with Gasteiger partial charge in [0.05, 0.1) is 0 Å². The van der Waals surface area contributed by atoms with Crippen molar-refractivity contribution < 1.29 is 10.0 Å². The van der Waals surface area contributed by atoms with E-state index in [-0.39, 0.29) is 0 Å². The molecule has 142 valence electrons. The molecule has 0 radical (unpaired) electrons. The lowest BCUT2D eigenvalue weighted by Crippen LogP contribution is -2.41. The lowest BCUT2D eigenvalue weighted by Gasteiger charge is -2.33. The number of likely N-dealkylation sites (tertiary alicyclic amines) is 1. The highest BCUT2D eigenvalue weighted by atomic mass is 35.5. The number of hydroxylamine groups is 1. The van der Waals surface area contributed by atoms with E-state index < -0.39 is 5.91 Å². The van der Waals surface area contributed by atoms with E-state index in [1.807, 2.05) is 30.3 Å². The number of halogens is 1. The van der Waals surface area contributed by atoms with Crippen molar-refractivity contribution in [2.45, 2.75) is 25.4 Å². The zero-order valence-corrected chi connectivity index (χ0v) is 15.7. The first-order valence-electron chi connectivity index (χ1n) is 8.94. The van der Waals surface area contributed by atoms with Crippen molar-refractivity contribution in [3.8, 4) is 0 Å². The Morgan fingerprint density at radius 3 is 2.93 bits per heavy atom. The lowest BCUT2D eigenvalue weighted by atomic mass is 10.0. The van der Waals surface area contributed by atoms with E-state index >= 15 is 0 Å². The van der Waals surface area contributed by atoms with Gasteiger partial charge in [-0.05, 0) is 54.8 Å². The minimum Gasteiger partial charge on any atom is -0.366 e. The minimum atomic E-state index is -0.571. The standard InChI is InChI=1S/C20H23ClN4O2/c21-18-6-2-1-4-16(18)13-25-11-3-5-17(14-25)23-19-9-7-15(12-22-19)8-10-20(26)24-27/h1-2,4,6-10,12,17,27H,3,5,11,13-14H2,(H,22,23)(H,24,26)/b10-8+/t17-/m1/s1. The fraction of sp³-hybridized carbons (Fsp3) is 0.300. The molecule has 27 heavy (non-hydrogen) atoms. The molecule has 1 aliphatic rings. The van der Waals surface area contributed by atoms with Crippen LogP contribution >= 0.6 is 11.6 Å². The number of piperidine rings is 1. The number of aromatic nitrogens is 1. The summed E-state index contributed by atoms with van der Waals surface area (Å²) in [4.78, 5) is 17.8. The summed E-state index contributed by atoms with van der Waals surface area (Å²) in [5, 5.41) is 12.8. The molecule has 7 heteroatoms.